The molecule has 1 saturated heterocycles. The van der Waals surface area contributed by atoms with Crippen molar-refractivity contribution in [3.05, 3.63) is 0 Å². The molecular formula is C17H36O3Si. The van der Waals surface area contributed by atoms with E-state index in [0.717, 1.165) is 26.1 Å². The van der Waals surface area contributed by atoms with Gasteiger partial charge in [-0.3, -0.25) is 0 Å². The lowest BCUT2D eigenvalue weighted by atomic mass is 10.1. The summed E-state index contributed by atoms with van der Waals surface area (Å²) < 4.78 is 18.9. The van der Waals surface area contributed by atoms with E-state index >= 15 is 0 Å². The second kappa shape index (κ2) is 8.09. The van der Waals surface area contributed by atoms with Gasteiger partial charge in [-0.15, -0.1) is 0 Å². The molecule has 1 heterocycles. The van der Waals surface area contributed by atoms with Crippen LogP contribution in [-0.2, 0) is 13.9 Å². The van der Waals surface area contributed by atoms with Gasteiger partial charge < -0.3 is 13.9 Å². The van der Waals surface area contributed by atoms with Crippen LogP contribution in [0.5, 0.6) is 0 Å². The first kappa shape index (κ1) is 19.1. The van der Waals surface area contributed by atoms with Gasteiger partial charge >= 0.3 is 0 Å². The van der Waals surface area contributed by atoms with Crippen LogP contribution in [-0.4, -0.2) is 33.4 Å². The average molecular weight is 317 g/mol. The predicted octanol–water partition coefficient (Wildman–Crippen LogP) is 5.11. The van der Waals surface area contributed by atoms with E-state index in [4.69, 9.17) is 13.9 Å². The molecule has 0 bridgehead atoms. The van der Waals surface area contributed by atoms with Gasteiger partial charge in [0.05, 0.1) is 19.3 Å². The molecule has 0 aromatic heterocycles. The van der Waals surface area contributed by atoms with Gasteiger partial charge in [-0.2, -0.15) is 0 Å². The molecule has 1 aliphatic rings. The monoisotopic (exact) mass is 316 g/mol. The summed E-state index contributed by atoms with van der Waals surface area (Å²) in [7, 11) is -1.82. The predicted molar refractivity (Wildman–Crippen MR) is 91.1 cm³/mol. The van der Waals surface area contributed by atoms with Crippen LogP contribution >= 0.6 is 0 Å². The van der Waals surface area contributed by atoms with Gasteiger partial charge in [-0.25, -0.2) is 0 Å². The van der Waals surface area contributed by atoms with Crippen LogP contribution in [0.3, 0.4) is 0 Å². The molecule has 0 saturated carbocycles. The Kier molecular flexibility index (Phi) is 7.38. The normalized spacial score (nSPS) is 21.0. The third-order valence-corrected chi connectivity index (χ3v) is 11.1. The molecule has 0 N–H and O–H groups in total. The lowest BCUT2D eigenvalue weighted by molar-refractivity contribution is -0.302. The molecule has 1 unspecified atom stereocenters. The lowest BCUT2D eigenvalue weighted by Crippen LogP contribution is -2.56. The molecule has 126 valence electrons. The summed E-state index contributed by atoms with van der Waals surface area (Å²) in [6.45, 7) is 17.4. The molecule has 4 heteroatoms. The summed E-state index contributed by atoms with van der Waals surface area (Å²) >= 11 is 0. The largest absolute Gasteiger partial charge is 0.408 e. The Hall–Kier alpha value is 0.0969. The van der Waals surface area contributed by atoms with Crippen molar-refractivity contribution in [1.29, 1.82) is 0 Å². The summed E-state index contributed by atoms with van der Waals surface area (Å²) in [5.41, 5.74) is 1.22. The van der Waals surface area contributed by atoms with Crippen molar-refractivity contribution in [1.82, 2.24) is 0 Å². The maximum atomic E-state index is 6.82. The molecule has 1 fully saturated rings. The number of hydrogen-bond acceptors (Lipinski definition) is 3. The molecule has 21 heavy (non-hydrogen) atoms. The molecule has 0 aliphatic carbocycles. The van der Waals surface area contributed by atoms with Crippen LogP contribution < -0.4 is 0 Å². The number of rotatable bonds is 8. The molecule has 1 atom stereocenters. The minimum Gasteiger partial charge on any atom is -0.408 e. The summed E-state index contributed by atoms with van der Waals surface area (Å²) in [6.07, 6.45) is 3.03. The van der Waals surface area contributed by atoms with Crippen LogP contribution in [0.25, 0.3) is 0 Å². The molecular weight excluding hydrogens is 280 g/mol. The van der Waals surface area contributed by atoms with Crippen LogP contribution in [0.1, 0.15) is 67.7 Å². The summed E-state index contributed by atoms with van der Waals surface area (Å²) in [5, 5.41) is 0. The van der Waals surface area contributed by atoms with E-state index in [1.54, 1.807) is 0 Å². The van der Waals surface area contributed by atoms with Crippen LogP contribution in [0.15, 0.2) is 0 Å². The van der Waals surface area contributed by atoms with Gasteiger partial charge in [0.2, 0.25) is 0 Å². The van der Waals surface area contributed by atoms with Crippen molar-refractivity contribution in [3.63, 3.8) is 0 Å². The quantitative estimate of drug-likeness (QED) is 0.582. The highest BCUT2D eigenvalue weighted by molar-refractivity contribution is 6.76. The first-order chi connectivity index (χ1) is 9.84. The third kappa shape index (κ3) is 4.09. The SMILES string of the molecule is CCC[Si](OC(C)C1(CC)OCCCO1)(C(C)C)C(C)C. The Balaban J connectivity index is 2.95. The summed E-state index contributed by atoms with van der Waals surface area (Å²) in [5.74, 6) is -0.534. The average Bonchev–Trinajstić information content (AvgIpc) is 2.46. The fourth-order valence-corrected chi connectivity index (χ4v) is 8.47. The Bertz CT molecular complexity index is 290. The van der Waals surface area contributed by atoms with Gasteiger partial charge in [0.15, 0.2) is 14.1 Å². The zero-order valence-corrected chi connectivity index (χ0v) is 16.2. The second-order valence-electron chi connectivity index (χ2n) is 6.99. The maximum absolute atomic E-state index is 6.82. The fourth-order valence-electron chi connectivity index (χ4n) is 3.70. The molecule has 0 amide bonds. The van der Waals surface area contributed by atoms with Crippen molar-refractivity contribution in [3.8, 4) is 0 Å². The fraction of sp³-hybridized carbons (Fsp3) is 1.00. The summed E-state index contributed by atoms with van der Waals surface area (Å²) in [6, 6.07) is 1.21. The van der Waals surface area contributed by atoms with Gasteiger partial charge in [0, 0.05) is 6.42 Å². The van der Waals surface area contributed by atoms with E-state index in [-0.39, 0.29) is 6.10 Å². The van der Waals surface area contributed by atoms with Crippen LogP contribution in [0.2, 0.25) is 17.1 Å². The Morgan fingerprint density at radius 1 is 1.00 bits per heavy atom. The van der Waals surface area contributed by atoms with Crippen molar-refractivity contribution in [2.24, 2.45) is 0 Å². The third-order valence-electron chi connectivity index (χ3n) is 5.09. The van der Waals surface area contributed by atoms with Crippen molar-refractivity contribution in [2.45, 2.75) is 96.7 Å². The zero-order chi connectivity index (χ0) is 16.1. The number of ether oxygens (including phenoxy) is 2. The minimum atomic E-state index is -1.82. The van der Waals surface area contributed by atoms with Crippen molar-refractivity contribution >= 4 is 8.32 Å². The molecule has 0 aromatic rings. The highest BCUT2D eigenvalue weighted by atomic mass is 28.4. The van der Waals surface area contributed by atoms with E-state index in [0.29, 0.717) is 11.1 Å². The molecule has 1 aliphatic heterocycles. The van der Waals surface area contributed by atoms with Gasteiger partial charge in [0.1, 0.15) is 0 Å². The second-order valence-corrected chi connectivity index (χ2v) is 11.9. The maximum Gasteiger partial charge on any atom is 0.198 e. The molecule has 0 spiro atoms. The Morgan fingerprint density at radius 2 is 1.52 bits per heavy atom. The van der Waals surface area contributed by atoms with E-state index < -0.39 is 14.1 Å². The van der Waals surface area contributed by atoms with E-state index in [1.807, 2.05) is 0 Å². The standard InChI is InChI=1S/C17H36O3Si/c1-8-13-21(14(3)4,15(5)6)20-16(7)17(9-2)18-11-10-12-19-17/h14-16H,8-13H2,1-7H3. The first-order valence-electron chi connectivity index (χ1n) is 8.80. The highest BCUT2D eigenvalue weighted by Crippen LogP contribution is 2.41. The van der Waals surface area contributed by atoms with E-state index in [1.165, 1.54) is 12.5 Å². The first-order valence-corrected chi connectivity index (χ1v) is 11.1. The molecule has 0 aromatic carbocycles. The number of hydrogen-bond donors (Lipinski definition) is 0. The minimum absolute atomic E-state index is 0.00539. The smallest absolute Gasteiger partial charge is 0.198 e. The van der Waals surface area contributed by atoms with E-state index in [2.05, 4.69) is 48.5 Å². The van der Waals surface area contributed by atoms with Crippen LogP contribution in [0.4, 0.5) is 0 Å². The van der Waals surface area contributed by atoms with Gasteiger partial charge in [0.25, 0.3) is 0 Å². The lowest BCUT2D eigenvalue weighted by Gasteiger charge is -2.47. The van der Waals surface area contributed by atoms with E-state index in [9.17, 15) is 0 Å². The topological polar surface area (TPSA) is 27.7 Å². The zero-order valence-electron chi connectivity index (χ0n) is 15.2. The van der Waals surface area contributed by atoms with Crippen molar-refractivity contribution < 1.29 is 13.9 Å². The van der Waals surface area contributed by atoms with Crippen LogP contribution in [0, 0.1) is 0 Å². The van der Waals surface area contributed by atoms with Gasteiger partial charge in [-0.05, 0) is 30.5 Å². The van der Waals surface area contributed by atoms with Crippen molar-refractivity contribution in [2.75, 3.05) is 13.2 Å². The Morgan fingerprint density at radius 3 is 1.90 bits per heavy atom. The molecule has 3 nitrogen and oxygen atoms in total. The Labute approximate surface area is 132 Å². The molecule has 1 rings (SSSR count). The highest BCUT2D eigenvalue weighted by Gasteiger charge is 2.48. The van der Waals surface area contributed by atoms with Gasteiger partial charge in [-0.1, -0.05) is 48.0 Å². The molecule has 0 radical (unpaired) electrons. The summed E-state index contributed by atoms with van der Waals surface area (Å²) in [4.78, 5) is 0.